The van der Waals surface area contributed by atoms with Crippen LogP contribution in [0.5, 0.6) is 0 Å². The fourth-order valence-electron chi connectivity index (χ4n) is 2.07. The van der Waals surface area contributed by atoms with Crippen molar-refractivity contribution in [2.75, 3.05) is 27.7 Å². The Balaban J connectivity index is 0.00000441. The summed E-state index contributed by atoms with van der Waals surface area (Å²) in [4.78, 5) is 25.9. The van der Waals surface area contributed by atoms with Gasteiger partial charge in [-0.3, -0.25) is 9.59 Å². The van der Waals surface area contributed by atoms with Crippen LogP contribution in [0.4, 0.5) is 0 Å². The molecule has 0 saturated heterocycles. The Bertz CT molecular complexity index is 466. The number of carbonyl (C=O) groups excluding carboxylic acids is 2. The highest BCUT2D eigenvalue weighted by Crippen LogP contribution is 2.06. The van der Waals surface area contributed by atoms with Crippen LogP contribution in [0.3, 0.4) is 0 Å². The van der Waals surface area contributed by atoms with E-state index in [1.807, 2.05) is 37.3 Å². The highest BCUT2D eigenvalue weighted by atomic mass is 35.5. The van der Waals surface area contributed by atoms with Crippen molar-refractivity contribution < 1.29 is 9.59 Å². The predicted molar refractivity (Wildman–Crippen MR) is 91.1 cm³/mol. The number of nitrogens with one attached hydrogen (secondary N) is 2. The van der Waals surface area contributed by atoms with Crippen molar-refractivity contribution in [2.45, 2.75) is 19.4 Å². The fourth-order valence-corrected chi connectivity index (χ4v) is 2.07. The van der Waals surface area contributed by atoms with Crippen LogP contribution < -0.4 is 10.6 Å². The molecule has 1 aromatic rings. The Labute approximate surface area is 138 Å². The number of rotatable bonds is 7. The van der Waals surface area contributed by atoms with E-state index in [0.717, 1.165) is 5.56 Å². The Kier molecular flexibility index (Phi) is 9.45. The molecular weight excluding hydrogens is 302 g/mol. The van der Waals surface area contributed by atoms with Gasteiger partial charge in [-0.25, -0.2) is 0 Å². The number of halogens is 1. The molecular formula is C16H26ClN3O2. The smallest absolute Gasteiger partial charge is 0.244 e. The number of hydrogen-bond acceptors (Lipinski definition) is 3. The summed E-state index contributed by atoms with van der Waals surface area (Å²) < 4.78 is 0. The van der Waals surface area contributed by atoms with Gasteiger partial charge in [-0.05, 0) is 12.6 Å². The van der Waals surface area contributed by atoms with Gasteiger partial charge in [0.05, 0.1) is 0 Å². The lowest BCUT2D eigenvalue weighted by atomic mass is 10.0. The van der Waals surface area contributed by atoms with Gasteiger partial charge >= 0.3 is 0 Å². The van der Waals surface area contributed by atoms with E-state index in [0.29, 0.717) is 13.0 Å². The second-order valence-corrected chi connectivity index (χ2v) is 5.44. The Morgan fingerprint density at radius 1 is 1.18 bits per heavy atom. The van der Waals surface area contributed by atoms with E-state index in [2.05, 4.69) is 10.6 Å². The third-order valence-electron chi connectivity index (χ3n) is 3.30. The molecule has 0 saturated carbocycles. The van der Waals surface area contributed by atoms with E-state index in [1.54, 1.807) is 21.1 Å². The topological polar surface area (TPSA) is 61.4 Å². The zero-order valence-electron chi connectivity index (χ0n) is 13.6. The molecule has 0 spiro atoms. The molecule has 1 rings (SSSR count). The molecule has 0 heterocycles. The van der Waals surface area contributed by atoms with Gasteiger partial charge in [0, 0.05) is 33.0 Å². The molecule has 5 nitrogen and oxygen atoms in total. The number of amides is 2. The van der Waals surface area contributed by atoms with Crippen LogP contribution in [0, 0.1) is 5.92 Å². The summed E-state index contributed by atoms with van der Waals surface area (Å²) in [5.41, 5.74) is 1.03. The molecule has 2 N–H and O–H groups in total. The third kappa shape index (κ3) is 6.45. The van der Waals surface area contributed by atoms with Gasteiger partial charge in [0.1, 0.15) is 6.04 Å². The number of carbonyl (C=O) groups is 2. The molecule has 0 radical (unpaired) electrons. The quantitative estimate of drug-likeness (QED) is 0.788. The van der Waals surface area contributed by atoms with Gasteiger partial charge in [-0.2, -0.15) is 0 Å². The van der Waals surface area contributed by atoms with E-state index >= 15 is 0 Å². The summed E-state index contributed by atoms with van der Waals surface area (Å²) in [6, 6.07) is 9.17. The summed E-state index contributed by atoms with van der Waals surface area (Å²) in [7, 11) is 5.20. The first kappa shape index (κ1) is 20.4. The lowest BCUT2D eigenvalue weighted by Gasteiger charge is -2.23. The van der Waals surface area contributed by atoms with Crippen molar-refractivity contribution in [1.29, 1.82) is 0 Å². The summed E-state index contributed by atoms with van der Waals surface area (Å²) in [6.45, 7) is 2.42. The molecule has 0 aliphatic rings. The lowest BCUT2D eigenvalue weighted by Crippen LogP contribution is -2.49. The first-order chi connectivity index (χ1) is 9.95. The first-order valence-corrected chi connectivity index (χ1v) is 7.15. The van der Waals surface area contributed by atoms with Crippen molar-refractivity contribution >= 4 is 24.2 Å². The van der Waals surface area contributed by atoms with Gasteiger partial charge in [-0.1, -0.05) is 37.3 Å². The molecule has 0 aliphatic carbocycles. The van der Waals surface area contributed by atoms with E-state index in [4.69, 9.17) is 0 Å². The standard InChI is InChI=1S/C16H25N3O2.ClH/c1-12(11-17-2)15(20)18-14(16(21)19(3)4)10-13-8-6-5-7-9-13;/h5-9,12,14,17H,10-11H2,1-4H3,(H,18,20);1H. The molecule has 124 valence electrons. The van der Waals surface area contributed by atoms with Crippen LogP contribution in [0.2, 0.25) is 0 Å². The molecule has 0 bridgehead atoms. The van der Waals surface area contributed by atoms with Gasteiger partial charge in [-0.15, -0.1) is 12.4 Å². The fraction of sp³-hybridized carbons (Fsp3) is 0.500. The molecule has 6 heteroatoms. The van der Waals surface area contributed by atoms with Crippen molar-refractivity contribution in [2.24, 2.45) is 5.92 Å². The summed E-state index contributed by atoms with van der Waals surface area (Å²) >= 11 is 0. The molecule has 0 aromatic heterocycles. The molecule has 2 unspecified atom stereocenters. The van der Waals surface area contributed by atoms with Crippen molar-refractivity contribution in [1.82, 2.24) is 15.5 Å². The number of likely N-dealkylation sites (N-methyl/N-ethyl adjacent to an activating group) is 1. The zero-order chi connectivity index (χ0) is 15.8. The Morgan fingerprint density at radius 3 is 2.27 bits per heavy atom. The number of nitrogens with zero attached hydrogens (tertiary/aromatic N) is 1. The first-order valence-electron chi connectivity index (χ1n) is 7.15. The van der Waals surface area contributed by atoms with Gasteiger partial charge in [0.25, 0.3) is 0 Å². The Morgan fingerprint density at radius 2 is 1.77 bits per heavy atom. The zero-order valence-corrected chi connectivity index (χ0v) is 14.4. The van der Waals surface area contributed by atoms with Crippen LogP contribution in [0.15, 0.2) is 30.3 Å². The van der Waals surface area contributed by atoms with Crippen LogP contribution in [0.1, 0.15) is 12.5 Å². The predicted octanol–water partition coefficient (Wildman–Crippen LogP) is 1.08. The monoisotopic (exact) mass is 327 g/mol. The van der Waals surface area contributed by atoms with Gasteiger partial charge in [0.2, 0.25) is 11.8 Å². The third-order valence-corrected chi connectivity index (χ3v) is 3.30. The van der Waals surface area contributed by atoms with E-state index in [1.165, 1.54) is 4.90 Å². The molecule has 1 aromatic carbocycles. The highest BCUT2D eigenvalue weighted by molar-refractivity contribution is 5.88. The maximum Gasteiger partial charge on any atom is 0.244 e. The molecule has 22 heavy (non-hydrogen) atoms. The summed E-state index contributed by atoms with van der Waals surface area (Å²) in [5, 5.41) is 5.83. The average Bonchev–Trinajstić information content (AvgIpc) is 2.46. The average molecular weight is 328 g/mol. The van der Waals surface area contributed by atoms with Crippen LogP contribution >= 0.6 is 12.4 Å². The highest BCUT2D eigenvalue weighted by Gasteiger charge is 2.24. The normalized spacial score (nSPS) is 12.7. The maximum absolute atomic E-state index is 12.3. The molecule has 2 atom stereocenters. The second kappa shape index (κ2) is 10.2. The minimum Gasteiger partial charge on any atom is -0.347 e. The maximum atomic E-state index is 12.3. The lowest BCUT2D eigenvalue weighted by molar-refractivity contribution is -0.135. The van der Waals surface area contributed by atoms with Crippen LogP contribution in [-0.4, -0.2) is 50.4 Å². The van der Waals surface area contributed by atoms with Crippen molar-refractivity contribution in [3.8, 4) is 0 Å². The second-order valence-electron chi connectivity index (χ2n) is 5.44. The summed E-state index contributed by atoms with van der Waals surface area (Å²) in [6.07, 6.45) is 0.496. The Hall–Kier alpha value is -1.59. The minimum absolute atomic E-state index is 0. The molecule has 0 fully saturated rings. The number of benzene rings is 1. The van der Waals surface area contributed by atoms with Gasteiger partial charge < -0.3 is 15.5 Å². The largest absolute Gasteiger partial charge is 0.347 e. The van der Waals surface area contributed by atoms with E-state index in [9.17, 15) is 9.59 Å². The van der Waals surface area contributed by atoms with Crippen LogP contribution in [-0.2, 0) is 16.0 Å². The summed E-state index contributed by atoms with van der Waals surface area (Å²) in [5.74, 6) is -0.382. The molecule has 0 aliphatic heterocycles. The number of hydrogen-bond donors (Lipinski definition) is 2. The van der Waals surface area contributed by atoms with Crippen molar-refractivity contribution in [3.63, 3.8) is 0 Å². The van der Waals surface area contributed by atoms with Crippen molar-refractivity contribution in [3.05, 3.63) is 35.9 Å². The van der Waals surface area contributed by atoms with Crippen LogP contribution in [0.25, 0.3) is 0 Å². The SMILES string of the molecule is CNCC(C)C(=O)NC(Cc1ccccc1)C(=O)N(C)C.Cl. The van der Waals surface area contributed by atoms with E-state index < -0.39 is 6.04 Å². The molecule has 2 amide bonds. The van der Waals surface area contributed by atoms with E-state index in [-0.39, 0.29) is 30.1 Å². The minimum atomic E-state index is -0.533. The van der Waals surface area contributed by atoms with Gasteiger partial charge in [0.15, 0.2) is 0 Å².